The van der Waals surface area contributed by atoms with E-state index < -0.39 is 15.4 Å². The number of piperidine rings is 1. The standard InChI is InChI=1S/C25H31ClN2O5S/c26-22-7-9-23(10-8-22)33-20-25(17-24(29)27-13-15-32-16-14-27)11-4-12-28(19-25)34(30,31)18-21-5-2-1-3-6-21/h1-3,5-10H,4,11-20H2/t25-/m1/s1. The molecule has 0 spiro atoms. The lowest BCUT2D eigenvalue weighted by atomic mass is 9.78. The highest BCUT2D eigenvalue weighted by Gasteiger charge is 2.42. The van der Waals surface area contributed by atoms with Crippen molar-refractivity contribution >= 4 is 27.5 Å². The molecule has 0 saturated carbocycles. The summed E-state index contributed by atoms with van der Waals surface area (Å²) in [6.07, 6.45) is 1.63. The van der Waals surface area contributed by atoms with Gasteiger partial charge in [0.05, 0.1) is 25.6 Å². The maximum Gasteiger partial charge on any atom is 0.223 e. The third kappa shape index (κ3) is 6.50. The van der Waals surface area contributed by atoms with Gasteiger partial charge in [-0.15, -0.1) is 0 Å². The van der Waals surface area contributed by atoms with Crippen LogP contribution in [-0.4, -0.2) is 69.5 Å². The number of benzene rings is 2. The van der Waals surface area contributed by atoms with Gasteiger partial charge in [-0.2, -0.15) is 0 Å². The number of hydrogen-bond acceptors (Lipinski definition) is 5. The van der Waals surface area contributed by atoms with Crippen molar-refractivity contribution in [3.63, 3.8) is 0 Å². The van der Waals surface area contributed by atoms with Gasteiger partial charge >= 0.3 is 0 Å². The van der Waals surface area contributed by atoms with Crippen LogP contribution >= 0.6 is 11.6 Å². The summed E-state index contributed by atoms with van der Waals surface area (Å²) < 4.78 is 39.6. The number of hydrogen-bond donors (Lipinski definition) is 0. The number of nitrogens with zero attached hydrogens (tertiary/aromatic N) is 2. The molecular weight excluding hydrogens is 476 g/mol. The van der Waals surface area contributed by atoms with Crippen molar-refractivity contribution in [3.05, 3.63) is 65.2 Å². The normalized spacial score (nSPS) is 21.9. The number of carbonyl (C=O) groups is 1. The van der Waals surface area contributed by atoms with Gasteiger partial charge in [0.15, 0.2) is 0 Å². The molecule has 2 aromatic rings. The Labute approximate surface area is 206 Å². The molecule has 4 rings (SSSR count). The minimum Gasteiger partial charge on any atom is -0.493 e. The van der Waals surface area contributed by atoms with E-state index in [2.05, 4.69) is 0 Å². The highest BCUT2D eigenvalue weighted by Crippen LogP contribution is 2.37. The number of halogens is 1. The molecule has 34 heavy (non-hydrogen) atoms. The smallest absolute Gasteiger partial charge is 0.223 e. The quantitative estimate of drug-likeness (QED) is 0.547. The first-order chi connectivity index (χ1) is 16.4. The predicted molar refractivity (Wildman–Crippen MR) is 131 cm³/mol. The first kappa shape index (κ1) is 25.0. The first-order valence-electron chi connectivity index (χ1n) is 11.6. The van der Waals surface area contributed by atoms with Crippen LogP contribution in [-0.2, 0) is 25.3 Å². The second-order valence-electron chi connectivity index (χ2n) is 9.09. The Hall–Kier alpha value is -2.13. The summed E-state index contributed by atoms with van der Waals surface area (Å²) in [5.74, 6) is 0.608. The lowest BCUT2D eigenvalue weighted by molar-refractivity contribution is -0.139. The Kier molecular flexibility index (Phi) is 8.14. The largest absolute Gasteiger partial charge is 0.493 e. The Balaban J connectivity index is 1.53. The summed E-state index contributed by atoms with van der Waals surface area (Å²) in [5.41, 5.74) is 0.136. The molecule has 2 aromatic carbocycles. The van der Waals surface area contributed by atoms with Crippen molar-refractivity contribution in [2.45, 2.75) is 25.0 Å². The minimum atomic E-state index is -3.54. The fourth-order valence-electron chi connectivity index (χ4n) is 4.60. The van der Waals surface area contributed by atoms with Crippen LogP contribution in [0.4, 0.5) is 0 Å². The van der Waals surface area contributed by atoms with E-state index in [1.54, 1.807) is 28.6 Å². The molecule has 1 amide bonds. The zero-order valence-electron chi connectivity index (χ0n) is 19.2. The Morgan fingerprint density at radius 2 is 1.74 bits per heavy atom. The Morgan fingerprint density at radius 3 is 2.44 bits per heavy atom. The molecule has 0 aliphatic carbocycles. The summed E-state index contributed by atoms with van der Waals surface area (Å²) in [6.45, 7) is 3.12. The average Bonchev–Trinajstić information content (AvgIpc) is 2.85. The molecule has 0 aromatic heterocycles. The van der Waals surface area contributed by atoms with E-state index in [0.717, 1.165) is 5.56 Å². The molecule has 0 N–H and O–H groups in total. The van der Waals surface area contributed by atoms with Gasteiger partial charge in [-0.05, 0) is 42.7 Å². The second-order valence-corrected chi connectivity index (χ2v) is 11.5. The van der Waals surface area contributed by atoms with Crippen LogP contribution in [0.3, 0.4) is 0 Å². The molecule has 9 heteroatoms. The number of sulfonamides is 1. The van der Waals surface area contributed by atoms with E-state index in [-0.39, 0.29) is 31.2 Å². The van der Waals surface area contributed by atoms with E-state index in [4.69, 9.17) is 21.1 Å². The van der Waals surface area contributed by atoms with Crippen LogP contribution < -0.4 is 4.74 Å². The van der Waals surface area contributed by atoms with Crippen molar-refractivity contribution < 1.29 is 22.7 Å². The van der Waals surface area contributed by atoms with E-state index >= 15 is 0 Å². The van der Waals surface area contributed by atoms with Gasteiger partial charge in [0.25, 0.3) is 0 Å². The van der Waals surface area contributed by atoms with E-state index in [1.165, 1.54) is 0 Å². The van der Waals surface area contributed by atoms with Crippen molar-refractivity contribution in [1.29, 1.82) is 0 Å². The molecule has 2 aliphatic rings. The zero-order chi connectivity index (χ0) is 24.0. The molecule has 0 bridgehead atoms. The van der Waals surface area contributed by atoms with Gasteiger partial charge in [-0.3, -0.25) is 4.79 Å². The van der Waals surface area contributed by atoms with Crippen molar-refractivity contribution in [1.82, 2.24) is 9.21 Å². The summed E-state index contributed by atoms with van der Waals surface area (Å²) in [7, 11) is -3.54. The first-order valence-corrected chi connectivity index (χ1v) is 13.6. The van der Waals surface area contributed by atoms with Gasteiger partial charge in [-0.25, -0.2) is 12.7 Å². The number of rotatable bonds is 8. The Morgan fingerprint density at radius 1 is 1.03 bits per heavy atom. The molecular formula is C25H31ClN2O5S. The number of ether oxygens (including phenoxy) is 2. The van der Waals surface area contributed by atoms with E-state index in [1.807, 2.05) is 35.2 Å². The lowest BCUT2D eigenvalue weighted by Crippen LogP contribution is -2.52. The molecule has 0 radical (unpaired) electrons. The van der Waals surface area contributed by atoms with Crippen LogP contribution in [0.15, 0.2) is 54.6 Å². The summed E-state index contributed by atoms with van der Waals surface area (Å²) >= 11 is 5.99. The number of carbonyl (C=O) groups excluding carboxylic acids is 1. The maximum atomic E-state index is 13.3. The highest BCUT2D eigenvalue weighted by atomic mass is 35.5. The van der Waals surface area contributed by atoms with Gasteiger partial charge in [-0.1, -0.05) is 41.9 Å². The van der Waals surface area contributed by atoms with Gasteiger partial charge in [0, 0.05) is 43.0 Å². The predicted octanol–water partition coefficient (Wildman–Crippen LogP) is 3.58. The molecule has 2 saturated heterocycles. The van der Waals surface area contributed by atoms with Gasteiger partial charge in [0.1, 0.15) is 5.75 Å². The van der Waals surface area contributed by atoms with E-state index in [9.17, 15) is 13.2 Å². The van der Waals surface area contributed by atoms with Crippen LogP contribution in [0.1, 0.15) is 24.8 Å². The maximum absolute atomic E-state index is 13.3. The van der Waals surface area contributed by atoms with Crippen molar-refractivity contribution in [3.8, 4) is 5.75 Å². The molecule has 184 valence electrons. The third-order valence-electron chi connectivity index (χ3n) is 6.46. The lowest BCUT2D eigenvalue weighted by Gasteiger charge is -2.42. The topological polar surface area (TPSA) is 76.2 Å². The second kappa shape index (κ2) is 11.1. The molecule has 0 unspecified atom stereocenters. The molecule has 7 nitrogen and oxygen atoms in total. The van der Waals surface area contributed by atoms with Gasteiger partial charge in [0.2, 0.25) is 15.9 Å². The minimum absolute atomic E-state index is 0.0188. The average molecular weight is 507 g/mol. The summed E-state index contributed by atoms with van der Waals surface area (Å²) in [6, 6.07) is 16.3. The summed E-state index contributed by atoms with van der Waals surface area (Å²) in [5, 5.41) is 0.611. The Bertz CT molecular complexity index is 1060. The third-order valence-corrected chi connectivity index (χ3v) is 8.51. The fourth-order valence-corrected chi connectivity index (χ4v) is 6.40. The molecule has 1 atom stereocenters. The molecule has 2 fully saturated rings. The zero-order valence-corrected chi connectivity index (χ0v) is 20.8. The summed E-state index contributed by atoms with van der Waals surface area (Å²) in [4.78, 5) is 15.0. The molecule has 2 heterocycles. The van der Waals surface area contributed by atoms with Gasteiger partial charge < -0.3 is 14.4 Å². The highest BCUT2D eigenvalue weighted by molar-refractivity contribution is 7.88. The van der Waals surface area contributed by atoms with Crippen LogP contribution in [0.2, 0.25) is 5.02 Å². The molecule has 2 aliphatic heterocycles. The SMILES string of the molecule is O=C(C[C@]1(COc2ccc(Cl)cc2)CCCN(S(=O)(=O)Cc2ccccc2)C1)N1CCOCC1. The van der Waals surface area contributed by atoms with Crippen LogP contribution in [0.25, 0.3) is 0 Å². The fraction of sp³-hybridized carbons (Fsp3) is 0.480. The number of morpholine rings is 1. The van der Waals surface area contributed by atoms with Crippen LogP contribution in [0, 0.1) is 5.41 Å². The van der Waals surface area contributed by atoms with Crippen molar-refractivity contribution in [2.75, 3.05) is 46.0 Å². The van der Waals surface area contributed by atoms with Crippen molar-refractivity contribution in [2.24, 2.45) is 5.41 Å². The number of amides is 1. The van der Waals surface area contributed by atoms with E-state index in [0.29, 0.717) is 56.5 Å². The van der Waals surface area contributed by atoms with Crippen LogP contribution in [0.5, 0.6) is 5.75 Å². The monoisotopic (exact) mass is 506 g/mol.